The van der Waals surface area contributed by atoms with Gasteiger partial charge in [-0.25, -0.2) is 0 Å². The second-order valence-corrected chi connectivity index (χ2v) is 2.02. The normalized spacial score (nSPS) is 16.1. The molecule has 0 aliphatic carbocycles. The first kappa shape index (κ1) is 7.19. The number of nitrogens with two attached hydrogens (primary N) is 1. The van der Waals surface area contributed by atoms with Crippen LogP contribution in [0, 0.1) is 11.3 Å². The second kappa shape index (κ2) is 2.49. The average molecular weight is 110 g/mol. The zero-order chi connectivity index (χ0) is 6.62. The van der Waals surface area contributed by atoms with Gasteiger partial charge in [0.1, 0.15) is 5.54 Å². The maximum absolute atomic E-state index is 8.30. The molecule has 0 aliphatic rings. The van der Waals surface area contributed by atoms with Crippen molar-refractivity contribution in [3.8, 4) is 6.07 Å². The molecular weight excluding hydrogens is 100 g/mol. The highest BCUT2D eigenvalue weighted by molar-refractivity contribution is 5.04. The molecule has 2 N–H and O–H groups in total. The minimum Gasteiger partial charge on any atom is -0.313 e. The van der Waals surface area contributed by atoms with Crippen LogP contribution in [0.5, 0.6) is 0 Å². The standard InChI is InChI=1S/C6H10N2/c1-3-4-6(2,8)5-7/h3H,1,4,8H2,2H3. The summed E-state index contributed by atoms with van der Waals surface area (Å²) in [4.78, 5) is 0. The van der Waals surface area contributed by atoms with Gasteiger partial charge in [-0.2, -0.15) is 5.26 Å². The van der Waals surface area contributed by atoms with Gasteiger partial charge in [-0.1, -0.05) is 6.08 Å². The number of nitrogens with zero attached hydrogens (tertiary/aromatic N) is 1. The van der Waals surface area contributed by atoms with E-state index in [0.717, 1.165) is 0 Å². The zero-order valence-corrected chi connectivity index (χ0v) is 5.02. The Morgan fingerprint density at radius 2 is 2.50 bits per heavy atom. The molecule has 0 spiro atoms. The molecule has 8 heavy (non-hydrogen) atoms. The van der Waals surface area contributed by atoms with Crippen LogP contribution < -0.4 is 5.73 Å². The van der Waals surface area contributed by atoms with Crippen LogP contribution in [-0.4, -0.2) is 5.54 Å². The van der Waals surface area contributed by atoms with E-state index in [-0.39, 0.29) is 0 Å². The predicted molar refractivity (Wildman–Crippen MR) is 33.0 cm³/mol. The predicted octanol–water partition coefficient (Wildman–Crippen LogP) is 0.803. The van der Waals surface area contributed by atoms with Crippen LogP contribution in [0.3, 0.4) is 0 Å². The lowest BCUT2D eigenvalue weighted by molar-refractivity contribution is 0.610. The van der Waals surface area contributed by atoms with E-state index in [4.69, 9.17) is 11.0 Å². The quantitative estimate of drug-likeness (QED) is 0.534. The summed E-state index contributed by atoms with van der Waals surface area (Å²) in [6, 6.07) is 1.95. The van der Waals surface area contributed by atoms with Gasteiger partial charge in [0.05, 0.1) is 6.07 Å². The molecule has 0 aromatic carbocycles. The molecule has 0 aromatic heterocycles. The maximum Gasteiger partial charge on any atom is 0.104 e. The van der Waals surface area contributed by atoms with Crippen molar-refractivity contribution in [1.82, 2.24) is 0 Å². The van der Waals surface area contributed by atoms with E-state index in [0.29, 0.717) is 6.42 Å². The van der Waals surface area contributed by atoms with Gasteiger partial charge in [-0.05, 0) is 13.3 Å². The van der Waals surface area contributed by atoms with Gasteiger partial charge in [0, 0.05) is 0 Å². The highest BCUT2D eigenvalue weighted by atomic mass is 14.7. The Bertz CT molecular complexity index is 119. The van der Waals surface area contributed by atoms with Gasteiger partial charge in [0.15, 0.2) is 0 Å². The number of hydrogen-bond acceptors (Lipinski definition) is 2. The molecule has 0 saturated carbocycles. The smallest absolute Gasteiger partial charge is 0.104 e. The highest BCUT2D eigenvalue weighted by Crippen LogP contribution is 2.01. The molecule has 2 nitrogen and oxygen atoms in total. The van der Waals surface area contributed by atoms with Gasteiger partial charge in [0.2, 0.25) is 0 Å². The summed E-state index contributed by atoms with van der Waals surface area (Å²) in [5.41, 5.74) is 4.67. The van der Waals surface area contributed by atoms with E-state index >= 15 is 0 Å². The lowest BCUT2D eigenvalue weighted by Crippen LogP contribution is -2.32. The van der Waals surface area contributed by atoms with Gasteiger partial charge in [-0.3, -0.25) is 0 Å². The van der Waals surface area contributed by atoms with Crippen LogP contribution in [0.1, 0.15) is 13.3 Å². The monoisotopic (exact) mass is 110 g/mol. The Balaban J connectivity index is 3.76. The Morgan fingerprint density at radius 3 is 2.62 bits per heavy atom. The molecule has 1 atom stereocenters. The number of hydrogen-bond donors (Lipinski definition) is 1. The van der Waals surface area contributed by atoms with E-state index in [2.05, 4.69) is 6.58 Å². The van der Waals surface area contributed by atoms with Crippen molar-refractivity contribution in [3.05, 3.63) is 12.7 Å². The first-order valence-corrected chi connectivity index (χ1v) is 2.43. The van der Waals surface area contributed by atoms with E-state index in [1.54, 1.807) is 13.0 Å². The van der Waals surface area contributed by atoms with Crippen LogP contribution in [-0.2, 0) is 0 Å². The lowest BCUT2D eigenvalue weighted by atomic mass is 10.0. The molecule has 0 rings (SSSR count). The molecule has 0 aliphatic heterocycles. The van der Waals surface area contributed by atoms with Crippen molar-refractivity contribution < 1.29 is 0 Å². The molecule has 44 valence electrons. The molecule has 1 unspecified atom stereocenters. The largest absolute Gasteiger partial charge is 0.313 e. The van der Waals surface area contributed by atoms with Crippen LogP contribution in [0.25, 0.3) is 0 Å². The summed E-state index contributed by atoms with van der Waals surface area (Å²) in [5.74, 6) is 0. The molecule has 0 saturated heterocycles. The zero-order valence-electron chi connectivity index (χ0n) is 5.02. The molecular formula is C6H10N2. The first-order chi connectivity index (χ1) is 3.62. The van der Waals surface area contributed by atoms with Crippen molar-refractivity contribution >= 4 is 0 Å². The van der Waals surface area contributed by atoms with Gasteiger partial charge >= 0.3 is 0 Å². The van der Waals surface area contributed by atoms with Crippen molar-refractivity contribution in [2.75, 3.05) is 0 Å². The molecule has 0 heterocycles. The van der Waals surface area contributed by atoms with Crippen molar-refractivity contribution in [1.29, 1.82) is 5.26 Å². The van der Waals surface area contributed by atoms with Crippen LogP contribution in [0.2, 0.25) is 0 Å². The fraction of sp³-hybridized carbons (Fsp3) is 0.500. The van der Waals surface area contributed by atoms with Crippen LogP contribution in [0.15, 0.2) is 12.7 Å². The Labute approximate surface area is 49.6 Å². The van der Waals surface area contributed by atoms with Crippen LogP contribution in [0.4, 0.5) is 0 Å². The van der Waals surface area contributed by atoms with Gasteiger partial charge < -0.3 is 5.73 Å². The van der Waals surface area contributed by atoms with Crippen LogP contribution >= 0.6 is 0 Å². The third kappa shape index (κ3) is 2.38. The maximum atomic E-state index is 8.30. The van der Waals surface area contributed by atoms with Gasteiger partial charge in [0.25, 0.3) is 0 Å². The Kier molecular flexibility index (Phi) is 2.23. The summed E-state index contributed by atoms with van der Waals surface area (Å²) in [7, 11) is 0. The van der Waals surface area contributed by atoms with E-state index in [9.17, 15) is 0 Å². The van der Waals surface area contributed by atoms with Crippen molar-refractivity contribution in [2.45, 2.75) is 18.9 Å². The molecule has 0 amide bonds. The van der Waals surface area contributed by atoms with E-state index in [1.807, 2.05) is 6.07 Å². The van der Waals surface area contributed by atoms with Crippen molar-refractivity contribution in [2.24, 2.45) is 5.73 Å². The topological polar surface area (TPSA) is 49.8 Å². The lowest BCUT2D eigenvalue weighted by Gasteiger charge is -2.09. The summed E-state index contributed by atoms with van der Waals surface area (Å²) in [6.45, 7) is 5.14. The molecule has 0 bridgehead atoms. The minimum absolute atomic E-state index is 0.545. The molecule has 0 radical (unpaired) electrons. The summed E-state index contributed by atoms with van der Waals surface area (Å²) in [6.07, 6.45) is 2.19. The van der Waals surface area contributed by atoms with E-state index in [1.165, 1.54) is 0 Å². The number of nitriles is 1. The SMILES string of the molecule is C=CCC(C)(N)C#N. The summed E-state index contributed by atoms with van der Waals surface area (Å²) < 4.78 is 0. The fourth-order valence-electron chi connectivity index (χ4n) is 0.345. The number of rotatable bonds is 2. The fourth-order valence-corrected chi connectivity index (χ4v) is 0.345. The third-order valence-electron chi connectivity index (χ3n) is 0.824. The highest BCUT2D eigenvalue weighted by Gasteiger charge is 2.13. The van der Waals surface area contributed by atoms with E-state index < -0.39 is 5.54 Å². The third-order valence-corrected chi connectivity index (χ3v) is 0.824. The minimum atomic E-state index is -0.720. The molecule has 2 heteroatoms. The summed E-state index contributed by atoms with van der Waals surface area (Å²) >= 11 is 0. The van der Waals surface area contributed by atoms with Crippen molar-refractivity contribution in [3.63, 3.8) is 0 Å². The first-order valence-electron chi connectivity index (χ1n) is 2.43. The molecule has 0 fully saturated rings. The second-order valence-electron chi connectivity index (χ2n) is 2.02. The Morgan fingerprint density at radius 1 is 2.00 bits per heavy atom. The average Bonchev–Trinajstić information content (AvgIpc) is 1.67. The van der Waals surface area contributed by atoms with Gasteiger partial charge in [-0.15, -0.1) is 6.58 Å². The summed E-state index contributed by atoms with van der Waals surface area (Å²) in [5, 5.41) is 8.30. The Hall–Kier alpha value is -0.810. The molecule has 0 aromatic rings.